The van der Waals surface area contributed by atoms with E-state index in [1.807, 2.05) is 49.8 Å². The summed E-state index contributed by atoms with van der Waals surface area (Å²) in [5.41, 5.74) is 4.78. The van der Waals surface area contributed by atoms with E-state index < -0.39 is 0 Å². The van der Waals surface area contributed by atoms with Gasteiger partial charge in [0, 0.05) is 52.9 Å². The Hall–Kier alpha value is -3.21. The number of aromatic amines is 1. The molecule has 1 aliphatic carbocycles. The number of aromatic nitrogens is 3. The van der Waals surface area contributed by atoms with Gasteiger partial charge >= 0.3 is 0 Å². The van der Waals surface area contributed by atoms with Crippen LogP contribution in [0.25, 0.3) is 22.2 Å². The predicted molar refractivity (Wildman–Crippen MR) is 106 cm³/mol. The Bertz CT molecular complexity index is 994. The van der Waals surface area contributed by atoms with Crippen LogP contribution in [0.5, 0.6) is 0 Å². The Morgan fingerprint density at radius 1 is 1.35 bits per heavy atom. The van der Waals surface area contributed by atoms with E-state index in [0.717, 1.165) is 33.4 Å². The SMILES string of the molecule is C=C(/N=C(\C=C/C)c1c[nH]c2ncc(-c3cccnc3)cc12)NC1CC1. The molecule has 0 unspecified atom stereocenters. The summed E-state index contributed by atoms with van der Waals surface area (Å²) in [5, 5.41) is 4.37. The molecule has 5 heteroatoms. The summed E-state index contributed by atoms with van der Waals surface area (Å²) in [6, 6.07) is 6.61. The van der Waals surface area contributed by atoms with Crippen molar-refractivity contribution in [1.82, 2.24) is 20.3 Å². The lowest BCUT2D eigenvalue weighted by atomic mass is 10.1. The minimum absolute atomic E-state index is 0.528. The molecular formula is C21H21N5. The molecule has 4 rings (SSSR count). The summed E-state index contributed by atoms with van der Waals surface area (Å²) < 4.78 is 0. The van der Waals surface area contributed by atoms with Crippen LogP contribution in [-0.2, 0) is 0 Å². The lowest BCUT2D eigenvalue weighted by molar-refractivity contribution is 0.798. The van der Waals surface area contributed by atoms with Gasteiger partial charge in [-0.05, 0) is 38.0 Å². The van der Waals surface area contributed by atoms with Gasteiger partial charge < -0.3 is 10.3 Å². The molecular weight excluding hydrogens is 322 g/mol. The Morgan fingerprint density at radius 3 is 2.96 bits per heavy atom. The molecule has 0 saturated heterocycles. The van der Waals surface area contributed by atoms with Crippen LogP contribution >= 0.6 is 0 Å². The summed E-state index contributed by atoms with van der Waals surface area (Å²) in [7, 11) is 0. The molecule has 26 heavy (non-hydrogen) atoms. The van der Waals surface area contributed by atoms with Gasteiger partial charge in [-0.1, -0.05) is 18.7 Å². The van der Waals surface area contributed by atoms with Crippen LogP contribution in [-0.4, -0.2) is 26.7 Å². The highest BCUT2D eigenvalue weighted by atomic mass is 15.1. The van der Waals surface area contributed by atoms with Gasteiger partial charge in [0.1, 0.15) is 11.5 Å². The molecule has 2 N–H and O–H groups in total. The van der Waals surface area contributed by atoms with Gasteiger partial charge in [-0.3, -0.25) is 4.98 Å². The van der Waals surface area contributed by atoms with E-state index in [9.17, 15) is 0 Å². The third-order valence-corrected chi connectivity index (χ3v) is 4.33. The summed E-state index contributed by atoms with van der Waals surface area (Å²) in [5.74, 6) is 0.700. The number of nitrogens with zero attached hydrogens (tertiary/aromatic N) is 3. The minimum atomic E-state index is 0.528. The number of pyridine rings is 2. The smallest absolute Gasteiger partial charge is 0.137 e. The van der Waals surface area contributed by atoms with Gasteiger partial charge in [-0.15, -0.1) is 0 Å². The van der Waals surface area contributed by atoms with Crippen molar-refractivity contribution >= 4 is 16.7 Å². The van der Waals surface area contributed by atoms with Crippen molar-refractivity contribution in [3.63, 3.8) is 0 Å². The maximum atomic E-state index is 4.71. The standard InChI is InChI=1S/C21H21N5/c1-3-5-20(26-14(2)25-17-7-8-17)19-13-24-21-18(19)10-16(12-23-21)15-6-4-9-22-11-15/h3-6,9-13,17,25H,2,7-8H2,1H3,(H,23,24)/b5-3-,26-20+. The average molecular weight is 343 g/mol. The fourth-order valence-electron chi connectivity index (χ4n) is 2.89. The summed E-state index contributed by atoms with van der Waals surface area (Å²) in [6.45, 7) is 6.03. The maximum Gasteiger partial charge on any atom is 0.137 e. The average Bonchev–Trinajstić information content (AvgIpc) is 3.37. The number of aliphatic imine (C=N–C) groups is 1. The summed E-state index contributed by atoms with van der Waals surface area (Å²) >= 11 is 0. The van der Waals surface area contributed by atoms with Crippen molar-refractivity contribution < 1.29 is 0 Å². The van der Waals surface area contributed by atoms with Crippen LogP contribution in [0.15, 0.2) is 72.5 Å². The van der Waals surface area contributed by atoms with Gasteiger partial charge in [0.2, 0.25) is 0 Å². The Balaban J connectivity index is 1.76. The van der Waals surface area contributed by atoms with Crippen LogP contribution in [0.1, 0.15) is 25.3 Å². The third kappa shape index (κ3) is 3.42. The molecule has 0 spiro atoms. The van der Waals surface area contributed by atoms with Crippen LogP contribution in [0.4, 0.5) is 0 Å². The quantitative estimate of drug-likeness (QED) is 0.659. The zero-order valence-corrected chi connectivity index (χ0v) is 14.7. The second-order valence-electron chi connectivity index (χ2n) is 6.43. The van der Waals surface area contributed by atoms with Crippen molar-refractivity contribution in [3.8, 4) is 11.1 Å². The fraction of sp³-hybridized carbons (Fsp3) is 0.190. The molecule has 3 aromatic rings. The predicted octanol–water partition coefficient (Wildman–Crippen LogP) is 4.21. The molecule has 1 saturated carbocycles. The molecule has 0 aliphatic heterocycles. The molecule has 5 nitrogen and oxygen atoms in total. The van der Waals surface area contributed by atoms with Gasteiger partial charge in [-0.25, -0.2) is 9.98 Å². The molecule has 1 aliphatic rings. The van der Waals surface area contributed by atoms with Gasteiger partial charge in [-0.2, -0.15) is 0 Å². The highest BCUT2D eigenvalue weighted by molar-refractivity contribution is 6.16. The fourth-order valence-corrected chi connectivity index (χ4v) is 2.89. The first kappa shape index (κ1) is 16.3. The molecule has 1 fully saturated rings. The summed E-state index contributed by atoms with van der Waals surface area (Å²) in [4.78, 5) is 16.7. The van der Waals surface area contributed by atoms with Crippen molar-refractivity contribution in [2.75, 3.05) is 0 Å². The second kappa shape index (κ2) is 6.96. The molecule has 0 atom stereocenters. The Kier molecular flexibility index (Phi) is 4.35. The van der Waals surface area contributed by atoms with Crippen LogP contribution in [0, 0.1) is 0 Å². The zero-order valence-electron chi connectivity index (χ0n) is 14.7. The first-order chi connectivity index (χ1) is 12.7. The van der Waals surface area contributed by atoms with Crippen molar-refractivity contribution in [2.45, 2.75) is 25.8 Å². The molecule has 0 radical (unpaired) electrons. The highest BCUT2D eigenvalue weighted by Gasteiger charge is 2.21. The second-order valence-corrected chi connectivity index (χ2v) is 6.43. The zero-order chi connectivity index (χ0) is 17.9. The van der Waals surface area contributed by atoms with Crippen LogP contribution in [0.2, 0.25) is 0 Å². The van der Waals surface area contributed by atoms with Crippen molar-refractivity contribution in [3.05, 3.63) is 73.1 Å². The lowest BCUT2D eigenvalue weighted by Crippen LogP contribution is -2.14. The number of hydrogen-bond acceptors (Lipinski definition) is 4. The number of H-pyrrole nitrogens is 1. The normalized spacial score (nSPS) is 14.9. The molecule has 3 aromatic heterocycles. The largest absolute Gasteiger partial charge is 0.368 e. The molecule has 0 bridgehead atoms. The number of fused-ring (bicyclic) bond motifs is 1. The van der Waals surface area contributed by atoms with E-state index in [0.29, 0.717) is 11.9 Å². The van der Waals surface area contributed by atoms with Gasteiger partial charge in [0.05, 0.1) is 5.71 Å². The topological polar surface area (TPSA) is 66.0 Å². The number of allylic oxidation sites excluding steroid dienone is 2. The Labute approximate surface area is 152 Å². The number of rotatable bonds is 6. The third-order valence-electron chi connectivity index (χ3n) is 4.33. The Morgan fingerprint density at radius 2 is 2.23 bits per heavy atom. The number of hydrogen-bond donors (Lipinski definition) is 2. The maximum absolute atomic E-state index is 4.71. The summed E-state index contributed by atoms with van der Waals surface area (Å²) in [6.07, 6.45) is 13.8. The van der Waals surface area contributed by atoms with E-state index in [1.54, 1.807) is 6.20 Å². The van der Waals surface area contributed by atoms with Crippen LogP contribution in [0.3, 0.4) is 0 Å². The van der Waals surface area contributed by atoms with E-state index in [2.05, 4.69) is 32.9 Å². The highest BCUT2D eigenvalue weighted by Crippen LogP contribution is 2.25. The van der Waals surface area contributed by atoms with Gasteiger partial charge in [0.25, 0.3) is 0 Å². The van der Waals surface area contributed by atoms with E-state index in [-0.39, 0.29) is 0 Å². The van der Waals surface area contributed by atoms with E-state index in [4.69, 9.17) is 4.99 Å². The molecule has 130 valence electrons. The molecule has 0 aromatic carbocycles. The van der Waals surface area contributed by atoms with E-state index >= 15 is 0 Å². The first-order valence-corrected chi connectivity index (χ1v) is 8.79. The monoisotopic (exact) mass is 343 g/mol. The minimum Gasteiger partial charge on any atom is -0.368 e. The van der Waals surface area contributed by atoms with Gasteiger partial charge in [0.15, 0.2) is 0 Å². The number of nitrogens with one attached hydrogen (secondary N) is 2. The van der Waals surface area contributed by atoms with E-state index in [1.165, 1.54) is 12.8 Å². The first-order valence-electron chi connectivity index (χ1n) is 8.79. The molecule has 0 amide bonds. The lowest BCUT2D eigenvalue weighted by Gasteiger charge is -2.06. The van der Waals surface area contributed by atoms with Crippen molar-refractivity contribution in [1.29, 1.82) is 0 Å². The van der Waals surface area contributed by atoms with Crippen LogP contribution < -0.4 is 5.32 Å². The molecule has 3 heterocycles. The van der Waals surface area contributed by atoms with Crippen molar-refractivity contribution in [2.24, 2.45) is 4.99 Å².